The highest BCUT2D eigenvalue weighted by molar-refractivity contribution is 5.12. The molecule has 0 aliphatic carbocycles. The summed E-state index contributed by atoms with van der Waals surface area (Å²) in [5.41, 5.74) is 4.23. The van der Waals surface area contributed by atoms with Crippen molar-refractivity contribution in [1.29, 1.82) is 0 Å². The first-order valence-corrected chi connectivity index (χ1v) is 11.8. The smallest absolute Gasteiger partial charge is 0.0572 e. The van der Waals surface area contributed by atoms with Crippen LogP contribution in [-0.4, -0.2) is 42.8 Å². The lowest BCUT2D eigenvalue weighted by atomic mass is 10.1. The summed E-state index contributed by atoms with van der Waals surface area (Å²) in [4.78, 5) is 23.3. The summed E-state index contributed by atoms with van der Waals surface area (Å²) in [6, 6.07) is 24.7. The molecule has 4 rings (SSSR count). The average Bonchev–Trinajstić information content (AvgIpc) is 2.91. The minimum Gasteiger partial charge on any atom is -0.288 e. The molecule has 4 aromatic heterocycles. The normalized spacial score (nSPS) is 13.2. The summed E-state index contributed by atoms with van der Waals surface area (Å²) in [5, 5.41) is 0. The van der Waals surface area contributed by atoms with Crippen LogP contribution in [0.4, 0.5) is 0 Å². The fourth-order valence-electron chi connectivity index (χ4n) is 4.10. The second-order valence-electron chi connectivity index (χ2n) is 8.44. The topological polar surface area (TPSA) is 58.0 Å². The van der Waals surface area contributed by atoms with Gasteiger partial charge in [0.05, 0.1) is 22.8 Å². The first-order valence-electron chi connectivity index (χ1n) is 11.8. The van der Waals surface area contributed by atoms with Gasteiger partial charge >= 0.3 is 0 Å². The van der Waals surface area contributed by atoms with Crippen molar-refractivity contribution in [2.24, 2.45) is 0 Å². The highest BCUT2D eigenvalue weighted by Gasteiger charge is 2.22. The van der Waals surface area contributed by atoms with E-state index in [0.717, 1.165) is 49.0 Å². The van der Waals surface area contributed by atoms with Gasteiger partial charge in [-0.3, -0.25) is 29.7 Å². The molecule has 0 aliphatic heterocycles. The maximum absolute atomic E-state index is 4.62. The predicted molar refractivity (Wildman–Crippen MR) is 135 cm³/mol. The van der Waals surface area contributed by atoms with E-state index in [4.69, 9.17) is 0 Å². The first-order chi connectivity index (χ1) is 16.7. The summed E-state index contributed by atoms with van der Waals surface area (Å²) in [6.07, 6.45) is 7.44. The van der Waals surface area contributed by atoms with E-state index in [1.165, 1.54) is 0 Å². The lowest BCUT2D eigenvalue weighted by Gasteiger charge is -2.34. The number of aromatic nitrogens is 4. The number of rotatable bonds is 11. The Morgan fingerprint density at radius 3 is 1.24 bits per heavy atom. The summed E-state index contributed by atoms with van der Waals surface area (Å²) in [7, 11) is 0. The molecule has 0 amide bonds. The van der Waals surface area contributed by atoms with Crippen molar-refractivity contribution in [3.8, 4) is 0 Å². The van der Waals surface area contributed by atoms with Crippen LogP contribution in [-0.2, 0) is 13.1 Å². The fraction of sp³-hybridized carbons (Fsp3) is 0.286. The Balaban J connectivity index is 1.55. The third-order valence-corrected chi connectivity index (χ3v) is 6.18. The van der Waals surface area contributed by atoms with Crippen molar-refractivity contribution in [3.63, 3.8) is 0 Å². The highest BCUT2D eigenvalue weighted by Crippen LogP contribution is 2.23. The van der Waals surface area contributed by atoms with E-state index in [1.807, 2.05) is 73.3 Å². The molecule has 4 heterocycles. The fourth-order valence-corrected chi connectivity index (χ4v) is 4.10. The van der Waals surface area contributed by atoms with Crippen LogP contribution in [0, 0.1) is 0 Å². The van der Waals surface area contributed by atoms with Crippen molar-refractivity contribution in [3.05, 3.63) is 120 Å². The van der Waals surface area contributed by atoms with Crippen LogP contribution >= 0.6 is 0 Å². The Labute approximate surface area is 202 Å². The molecule has 0 spiro atoms. The number of hydrogen-bond donors (Lipinski definition) is 0. The van der Waals surface area contributed by atoms with E-state index in [0.29, 0.717) is 0 Å². The molecule has 174 valence electrons. The van der Waals surface area contributed by atoms with Crippen LogP contribution in [0.25, 0.3) is 0 Å². The summed E-state index contributed by atoms with van der Waals surface area (Å²) >= 11 is 0. The molecule has 0 N–H and O–H groups in total. The van der Waals surface area contributed by atoms with Gasteiger partial charge in [-0.25, -0.2) is 0 Å². The summed E-state index contributed by atoms with van der Waals surface area (Å²) in [5.74, 6) is 0. The van der Waals surface area contributed by atoms with Crippen molar-refractivity contribution < 1.29 is 0 Å². The van der Waals surface area contributed by atoms with Crippen LogP contribution in [0.15, 0.2) is 97.6 Å². The maximum Gasteiger partial charge on any atom is 0.0572 e. The summed E-state index contributed by atoms with van der Waals surface area (Å²) < 4.78 is 0. The number of nitrogens with zero attached hydrogens (tertiary/aromatic N) is 6. The van der Waals surface area contributed by atoms with E-state index < -0.39 is 0 Å². The largest absolute Gasteiger partial charge is 0.288 e. The molecule has 0 aromatic carbocycles. The first kappa shape index (κ1) is 23.7. The third-order valence-electron chi connectivity index (χ3n) is 6.18. The second kappa shape index (κ2) is 12.1. The number of pyridine rings is 4. The molecule has 0 fully saturated rings. The SMILES string of the molecule is C[C@H](c1ccccn1)N(CCN(Cc1ccccn1)[C@@H](C)c1ccccn1)Cc1ccccn1. The third kappa shape index (κ3) is 6.53. The Hall–Kier alpha value is -3.48. The van der Waals surface area contributed by atoms with Crippen LogP contribution in [0.5, 0.6) is 0 Å². The molecule has 4 aromatic rings. The lowest BCUT2D eigenvalue weighted by Crippen LogP contribution is -2.38. The quantitative estimate of drug-likeness (QED) is 0.316. The van der Waals surface area contributed by atoms with E-state index in [1.54, 1.807) is 0 Å². The van der Waals surface area contributed by atoms with Gasteiger partial charge in [0.25, 0.3) is 0 Å². The second-order valence-corrected chi connectivity index (χ2v) is 8.44. The molecule has 0 saturated heterocycles. The van der Waals surface area contributed by atoms with Gasteiger partial charge in [-0.1, -0.05) is 24.3 Å². The van der Waals surface area contributed by atoms with Gasteiger partial charge in [0.1, 0.15) is 0 Å². The molecule has 6 nitrogen and oxygen atoms in total. The zero-order chi connectivity index (χ0) is 23.6. The molecular formula is C28H32N6. The van der Waals surface area contributed by atoms with E-state index in [-0.39, 0.29) is 12.1 Å². The van der Waals surface area contributed by atoms with E-state index in [9.17, 15) is 0 Å². The maximum atomic E-state index is 4.62. The van der Waals surface area contributed by atoms with Crippen LogP contribution < -0.4 is 0 Å². The van der Waals surface area contributed by atoms with Gasteiger partial charge in [0.2, 0.25) is 0 Å². The predicted octanol–water partition coefficient (Wildman–Crippen LogP) is 5.09. The molecule has 0 bridgehead atoms. The van der Waals surface area contributed by atoms with Crippen LogP contribution in [0.3, 0.4) is 0 Å². The molecule has 2 atom stereocenters. The zero-order valence-corrected chi connectivity index (χ0v) is 19.9. The van der Waals surface area contributed by atoms with Crippen molar-refractivity contribution in [2.75, 3.05) is 13.1 Å². The molecule has 0 unspecified atom stereocenters. The monoisotopic (exact) mass is 452 g/mol. The highest BCUT2D eigenvalue weighted by atomic mass is 15.2. The van der Waals surface area contributed by atoms with Gasteiger partial charge in [0.15, 0.2) is 0 Å². The molecule has 0 saturated carbocycles. The lowest BCUT2D eigenvalue weighted by molar-refractivity contribution is 0.129. The Kier molecular flexibility index (Phi) is 8.43. The van der Waals surface area contributed by atoms with Crippen molar-refractivity contribution >= 4 is 0 Å². The standard InChI is InChI=1S/C28H32N6/c1-23(27-13-5-9-17-31-27)33(21-25-11-3-7-15-29-25)19-20-34(22-26-12-4-8-16-30-26)24(2)28-14-6-10-18-32-28/h3-18,23-24H,19-22H2,1-2H3/t23-,24+. The minimum atomic E-state index is 0.157. The van der Waals surface area contributed by atoms with Gasteiger partial charge in [0, 0.05) is 63.1 Å². The van der Waals surface area contributed by atoms with Crippen LogP contribution in [0.2, 0.25) is 0 Å². The Bertz CT molecular complexity index is 1000. The van der Waals surface area contributed by atoms with Crippen molar-refractivity contribution in [2.45, 2.75) is 39.0 Å². The van der Waals surface area contributed by atoms with Gasteiger partial charge < -0.3 is 0 Å². The minimum absolute atomic E-state index is 0.157. The van der Waals surface area contributed by atoms with E-state index >= 15 is 0 Å². The molecule has 0 aliphatic rings. The molecule has 34 heavy (non-hydrogen) atoms. The zero-order valence-electron chi connectivity index (χ0n) is 19.9. The van der Waals surface area contributed by atoms with Gasteiger partial charge in [-0.15, -0.1) is 0 Å². The Morgan fingerprint density at radius 2 is 0.912 bits per heavy atom. The molecular weight excluding hydrogens is 420 g/mol. The number of hydrogen-bond acceptors (Lipinski definition) is 6. The van der Waals surface area contributed by atoms with Gasteiger partial charge in [-0.2, -0.15) is 0 Å². The van der Waals surface area contributed by atoms with Gasteiger partial charge in [-0.05, 0) is 62.4 Å². The van der Waals surface area contributed by atoms with Crippen LogP contribution in [0.1, 0.15) is 48.7 Å². The van der Waals surface area contributed by atoms with E-state index in [2.05, 4.69) is 67.8 Å². The summed E-state index contributed by atoms with van der Waals surface area (Å²) in [6.45, 7) is 7.67. The van der Waals surface area contributed by atoms with Crippen molar-refractivity contribution in [1.82, 2.24) is 29.7 Å². The average molecular weight is 453 g/mol. The Morgan fingerprint density at radius 1 is 0.529 bits per heavy atom. The molecule has 6 heteroatoms. The molecule has 0 radical (unpaired) electrons.